The van der Waals surface area contributed by atoms with Crippen LogP contribution in [0, 0.1) is 0 Å². The quantitative estimate of drug-likeness (QED) is 0.131. The van der Waals surface area contributed by atoms with Crippen LogP contribution in [0.25, 0.3) is 0 Å². The zero-order valence-corrected chi connectivity index (χ0v) is 19.9. The van der Waals surface area contributed by atoms with E-state index in [4.69, 9.17) is 28.0 Å². The van der Waals surface area contributed by atoms with Crippen LogP contribution in [0.3, 0.4) is 0 Å². The summed E-state index contributed by atoms with van der Waals surface area (Å²) in [7, 11) is -4.28. The number of aliphatic hydroxyl groups is 2. The number of carbonyl (C=O) groups is 3. The van der Waals surface area contributed by atoms with Gasteiger partial charge in [0.25, 0.3) is 5.97 Å². The van der Waals surface area contributed by atoms with Crippen molar-refractivity contribution in [2.45, 2.75) is 59.0 Å². The molecule has 0 amide bonds. The molecule has 0 unspecified atom stereocenters. The van der Waals surface area contributed by atoms with Crippen LogP contribution >= 0.6 is 0 Å². The number of carboxylic acid groups (broad SMARTS) is 1. The molecule has 0 aliphatic rings. The van der Waals surface area contributed by atoms with Crippen LogP contribution in [0.4, 0.5) is 0 Å². The molecule has 0 radical (unpaired) electrons. The third-order valence-corrected chi connectivity index (χ3v) is 7.46. The minimum absolute atomic E-state index is 0.0202. The smallest absolute Gasteiger partial charge is 0.329 e. The van der Waals surface area contributed by atoms with Crippen molar-refractivity contribution in [2.24, 2.45) is 0 Å². The number of rotatable bonds is 12. The Morgan fingerprint density at radius 1 is 0.964 bits per heavy atom. The Morgan fingerprint density at radius 2 is 1.43 bits per heavy atom. The second-order valence-corrected chi connectivity index (χ2v) is 14.8. The Balaban J connectivity index is -0.000000466. The molecule has 0 aromatic carbocycles. The summed E-state index contributed by atoms with van der Waals surface area (Å²) in [6.07, 6.45) is 0.409. The summed E-state index contributed by atoms with van der Waals surface area (Å²) in [6, 6.07) is 0. The topological polar surface area (TPSA) is 149 Å². The lowest BCUT2D eigenvalue weighted by Crippen LogP contribution is -2.51. The van der Waals surface area contributed by atoms with Crippen molar-refractivity contribution in [2.75, 3.05) is 26.4 Å². The van der Waals surface area contributed by atoms with Crippen LogP contribution < -0.4 is 0 Å². The lowest BCUT2D eigenvalue weighted by atomic mass is 10.4. The first kappa shape index (κ1) is 31.7. The number of hydrogen-bond donors (Lipinski definition) is 3. The van der Waals surface area contributed by atoms with E-state index in [0.717, 1.165) is 0 Å². The Morgan fingerprint density at radius 3 is 1.71 bits per heavy atom. The van der Waals surface area contributed by atoms with Crippen molar-refractivity contribution >= 4 is 35.4 Å². The van der Waals surface area contributed by atoms with Gasteiger partial charge >= 0.3 is 14.5 Å². The minimum atomic E-state index is -2.53. The van der Waals surface area contributed by atoms with E-state index in [2.05, 4.69) is 4.74 Å². The first-order valence-electron chi connectivity index (χ1n) is 8.77. The summed E-state index contributed by atoms with van der Waals surface area (Å²) in [5, 5.41) is 27.3. The van der Waals surface area contributed by atoms with E-state index in [1.54, 1.807) is 6.92 Å². The molecule has 0 aliphatic heterocycles. The minimum Gasteiger partial charge on any atom is -0.480 e. The van der Waals surface area contributed by atoms with Crippen molar-refractivity contribution < 1.29 is 47.7 Å². The van der Waals surface area contributed by atoms with Gasteiger partial charge in [0.15, 0.2) is 20.9 Å². The molecular formula is C16H36O10Si2. The molecule has 0 aromatic rings. The third-order valence-electron chi connectivity index (χ3n) is 2.22. The van der Waals surface area contributed by atoms with Crippen LogP contribution in [0.15, 0.2) is 0 Å². The predicted octanol–water partition coefficient (Wildman–Crippen LogP) is 1.11. The van der Waals surface area contributed by atoms with E-state index in [-0.39, 0.29) is 32.2 Å². The molecule has 0 saturated carbocycles. The standard InChI is InChI=1S/C10H26O5Si2.C4H8O3.C2H2O2/c1-7-13-9-8-10(11,12)14-17(5,6)15-16(2,3)4;1-2-7-3-4(5)6;3-1-2-4/h11-12H,7-9H2,1-6H3;2-3H2,1H3,(H,5,6);1-2H. The molecule has 28 heavy (non-hydrogen) atoms. The van der Waals surface area contributed by atoms with E-state index < -0.39 is 28.8 Å². The van der Waals surface area contributed by atoms with Gasteiger partial charge in [0, 0.05) is 13.2 Å². The number of aliphatic carboxylic acids is 1. The molecule has 0 saturated heterocycles. The fraction of sp³-hybridized carbons (Fsp3) is 0.812. The average molecular weight is 445 g/mol. The second kappa shape index (κ2) is 16.9. The first-order chi connectivity index (χ1) is 12.7. The maximum absolute atomic E-state index is 9.70. The molecule has 0 rings (SSSR count). The highest BCUT2D eigenvalue weighted by Crippen LogP contribution is 2.21. The SMILES string of the molecule is CCOCC(=O)O.CCOCCC(O)(O)O[Si](C)(C)O[Si](C)(C)C.O=CC=O. The van der Waals surface area contributed by atoms with E-state index in [1.807, 2.05) is 39.7 Å². The number of aldehydes is 2. The summed E-state index contributed by atoms with van der Waals surface area (Å²) in [4.78, 5) is 27.2. The van der Waals surface area contributed by atoms with E-state index in [0.29, 0.717) is 13.2 Å². The first-order valence-corrected chi connectivity index (χ1v) is 15.0. The maximum Gasteiger partial charge on any atom is 0.329 e. The van der Waals surface area contributed by atoms with Gasteiger partial charge in [-0.2, -0.15) is 0 Å². The van der Waals surface area contributed by atoms with Gasteiger partial charge in [-0.15, -0.1) is 0 Å². The molecular weight excluding hydrogens is 408 g/mol. The van der Waals surface area contributed by atoms with Crippen LogP contribution in [0.2, 0.25) is 32.7 Å². The largest absolute Gasteiger partial charge is 0.480 e. The van der Waals surface area contributed by atoms with Gasteiger partial charge in [0.1, 0.15) is 6.61 Å². The number of carbonyl (C=O) groups excluding carboxylic acids is 2. The van der Waals surface area contributed by atoms with Gasteiger partial charge in [-0.1, -0.05) is 0 Å². The summed E-state index contributed by atoms with van der Waals surface area (Å²) in [6.45, 7) is 14.4. The number of ether oxygens (including phenoxy) is 2. The average Bonchev–Trinajstić information content (AvgIpc) is 2.50. The molecule has 3 N–H and O–H groups in total. The molecule has 168 valence electrons. The van der Waals surface area contributed by atoms with Crippen molar-refractivity contribution in [1.82, 2.24) is 0 Å². The van der Waals surface area contributed by atoms with Gasteiger partial charge in [-0.3, -0.25) is 9.59 Å². The number of carboxylic acids is 1. The Kier molecular flexibility index (Phi) is 19.1. The van der Waals surface area contributed by atoms with Crippen LogP contribution in [0.5, 0.6) is 0 Å². The number of hydrogen-bond acceptors (Lipinski definition) is 9. The predicted molar refractivity (Wildman–Crippen MR) is 108 cm³/mol. The lowest BCUT2D eigenvalue weighted by Gasteiger charge is -2.35. The van der Waals surface area contributed by atoms with E-state index in [1.165, 1.54) is 0 Å². The summed E-state index contributed by atoms with van der Waals surface area (Å²) in [5.41, 5.74) is 0. The van der Waals surface area contributed by atoms with Gasteiger partial charge < -0.3 is 33.3 Å². The highest BCUT2D eigenvalue weighted by molar-refractivity contribution is 6.81. The maximum atomic E-state index is 9.70. The Bertz CT molecular complexity index is 416. The highest BCUT2D eigenvalue weighted by atomic mass is 28.4. The Hall–Kier alpha value is -0.996. The van der Waals surface area contributed by atoms with Crippen LogP contribution in [-0.4, -0.2) is 83.1 Å². The molecule has 0 aromatic heterocycles. The van der Waals surface area contributed by atoms with Crippen molar-refractivity contribution in [3.8, 4) is 0 Å². The molecule has 12 heteroatoms. The molecule has 0 atom stereocenters. The van der Waals surface area contributed by atoms with Gasteiger partial charge in [-0.25, -0.2) is 4.79 Å². The summed E-state index contributed by atoms with van der Waals surface area (Å²) >= 11 is 0. The third kappa shape index (κ3) is 29.8. The molecule has 0 aliphatic carbocycles. The van der Waals surface area contributed by atoms with Gasteiger partial charge in [-0.05, 0) is 46.6 Å². The molecule has 0 bridgehead atoms. The highest BCUT2D eigenvalue weighted by Gasteiger charge is 2.39. The van der Waals surface area contributed by atoms with E-state index >= 15 is 0 Å². The van der Waals surface area contributed by atoms with Crippen molar-refractivity contribution in [3.63, 3.8) is 0 Å². The van der Waals surface area contributed by atoms with Gasteiger partial charge in [0.05, 0.1) is 13.0 Å². The lowest BCUT2D eigenvalue weighted by molar-refractivity contribution is -0.308. The Labute approximate surface area is 169 Å². The zero-order chi connectivity index (χ0) is 22.9. The van der Waals surface area contributed by atoms with Crippen LogP contribution in [-0.2, 0) is 32.4 Å². The van der Waals surface area contributed by atoms with Crippen molar-refractivity contribution in [1.29, 1.82) is 0 Å². The second-order valence-electron chi connectivity index (χ2n) is 6.71. The molecule has 10 nitrogen and oxygen atoms in total. The van der Waals surface area contributed by atoms with Crippen molar-refractivity contribution in [3.05, 3.63) is 0 Å². The van der Waals surface area contributed by atoms with Crippen LogP contribution in [0.1, 0.15) is 20.3 Å². The van der Waals surface area contributed by atoms with Gasteiger partial charge in [0.2, 0.25) is 0 Å². The molecule has 0 fully saturated rings. The molecule has 0 spiro atoms. The normalized spacial score (nSPS) is 11.5. The fourth-order valence-electron chi connectivity index (χ4n) is 1.74. The zero-order valence-electron chi connectivity index (χ0n) is 17.9. The fourth-order valence-corrected chi connectivity index (χ4v) is 8.70. The van der Waals surface area contributed by atoms with E-state index in [9.17, 15) is 15.0 Å². The summed E-state index contributed by atoms with van der Waals surface area (Å²) in [5.74, 6) is -3.08. The summed E-state index contributed by atoms with van der Waals surface area (Å²) < 4.78 is 20.8. The molecule has 0 heterocycles. The monoisotopic (exact) mass is 444 g/mol.